The second kappa shape index (κ2) is 42.6. The SMILES string of the molecule is C=CCCCCCCCCCc1ccc(-c2ccc(-c3ccc(-c4ccc(CC)s4)s3)s2)s1.CCO[SiH](OCC)OCC.CCO[Si](CCCCCCCCCCCc1ccc(-c2ccc(-c3ccc(-c4ccc(CC)s4)s3)s2)s1)(OCC)OCC. The van der Waals surface area contributed by atoms with Gasteiger partial charge in [0.05, 0.1) is 0 Å². The normalized spacial score (nSPS) is 11.6. The minimum absolute atomic E-state index is 0.669. The van der Waals surface area contributed by atoms with Crippen molar-refractivity contribution in [3.8, 4) is 58.5 Å². The largest absolute Gasteiger partial charge is 0.500 e. The number of hydrogen-bond acceptors (Lipinski definition) is 14. The predicted octanol–water partition coefficient (Wildman–Crippen LogP) is 24.8. The standard InChI is InChI=1S/C35H50O3S4Si.C29H34S4.C6H16O3Si/c1-5-28-19-21-30(39-28)32-23-25-34(41-32)35-26-24-33(42-35)31-22-20-29(40-31)18-16-14-12-10-9-11-13-15-17-27-43(36-6-2,37-7-3)38-8-4;1-3-5-6-7-8-9-10-11-12-13-23-15-17-25(31-23)27-19-21-29(33-27)28-20-18-26(32-28)24-16-14-22(4-2)30-24;1-4-7-10(8-5-2)9-6-3/h19-26H,5-18,27H2,1-4H3;3,14-21H,1,4-13H2,2H3;10H,4-6H2,1-3H3. The minimum atomic E-state index is -2.45. The lowest BCUT2D eigenvalue weighted by molar-refractivity contribution is 0.0706. The summed E-state index contributed by atoms with van der Waals surface area (Å²) in [5.41, 5.74) is 0. The Balaban J connectivity index is 0.000000243. The maximum atomic E-state index is 5.98. The zero-order valence-corrected chi connectivity index (χ0v) is 61.8. The fraction of sp³-hybridized carbons (Fsp3) is 0.514. The van der Waals surface area contributed by atoms with Crippen LogP contribution in [0.5, 0.6) is 0 Å². The maximum absolute atomic E-state index is 5.98. The molecule has 0 radical (unpaired) electrons. The molecule has 8 rings (SSSR count). The molecule has 8 heterocycles. The third kappa shape index (κ3) is 25.3. The van der Waals surface area contributed by atoms with Gasteiger partial charge in [0.15, 0.2) is 0 Å². The lowest BCUT2D eigenvalue weighted by Gasteiger charge is -2.28. The monoisotopic (exact) mass is 1350 g/mol. The Hall–Kier alpha value is -2.47. The van der Waals surface area contributed by atoms with Crippen molar-refractivity contribution < 1.29 is 26.6 Å². The van der Waals surface area contributed by atoms with Gasteiger partial charge in [-0.15, -0.1) is 97.3 Å². The summed E-state index contributed by atoms with van der Waals surface area (Å²) in [5, 5.41) is 0. The van der Waals surface area contributed by atoms with Crippen LogP contribution < -0.4 is 0 Å². The summed E-state index contributed by atoms with van der Waals surface area (Å²) in [5.74, 6) is 0. The topological polar surface area (TPSA) is 55.4 Å². The number of rotatable bonds is 42. The first kappa shape index (κ1) is 72.6. The Bertz CT molecular complexity index is 2970. The first-order valence-corrected chi connectivity index (χ1v) is 42.2. The summed E-state index contributed by atoms with van der Waals surface area (Å²) < 4.78 is 33.6. The molecule has 0 aliphatic heterocycles. The summed E-state index contributed by atoms with van der Waals surface area (Å²) in [6.07, 6.45) is 29.2. The molecule has 0 unspecified atom stereocenters. The summed E-state index contributed by atoms with van der Waals surface area (Å²) >= 11 is 15.5. The molecule has 0 fully saturated rings. The number of thiophene rings is 8. The molecule has 0 bridgehead atoms. The van der Waals surface area contributed by atoms with Gasteiger partial charge in [0.25, 0.3) is 0 Å². The molecular formula is C70H100O6S8Si2. The molecule has 0 N–H and O–H groups in total. The van der Waals surface area contributed by atoms with Crippen LogP contribution in [0.15, 0.2) is 110 Å². The van der Waals surface area contributed by atoms with E-state index in [1.165, 1.54) is 194 Å². The van der Waals surface area contributed by atoms with Crippen LogP contribution in [0.3, 0.4) is 0 Å². The second-order valence-corrected chi connectivity index (χ2v) is 34.4. The van der Waals surface area contributed by atoms with Gasteiger partial charge in [-0.2, -0.15) is 0 Å². The molecule has 0 atom stereocenters. The molecule has 16 heteroatoms. The fourth-order valence-electron chi connectivity index (χ4n) is 10.0. The third-order valence-corrected chi connectivity index (χ3v) is 29.7. The summed E-state index contributed by atoms with van der Waals surface area (Å²) in [6, 6.07) is 37.8. The van der Waals surface area contributed by atoms with Crippen LogP contribution in [0.1, 0.15) is 184 Å². The maximum Gasteiger partial charge on any atom is 0.500 e. The van der Waals surface area contributed by atoms with Crippen molar-refractivity contribution in [3.05, 3.63) is 129 Å². The highest BCUT2D eigenvalue weighted by atomic mass is 32.1. The molecule has 8 aromatic heterocycles. The van der Waals surface area contributed by atoms with Gasteiger partial charge in [-0.05, 0) is 196 Å². The average Bonchev–Trinajstić information content (AvgIpc) is 3.03. The molecule has 86 heavy (non-hydrogen) atoms. The summed E-state index contributed by atoms with van der Waals surface area (Å²) in [7, 11) is -4.19. The van der Waals surface area contributed by atoms with Crippen molar-refractivity contribution in [1.29, 1.82) is 0 Å². The van der Waals surface area contributed by atoms with E-state index in [0.717, 1.165) is 25.3 Å². The molecule has 472 valence electrons. The van der Waals surface area contributed by atoms with Crippen LogP contribution >= 0.6 is 90.7 Å². The molecule has 0 aliphatic carbocycles. The van der Waals surface area contributed by atoms with Gasteiger partial charge in [-0.25, -0.2) is 0 Å². The van der Waals surface area contributed by atoms with E-state index >= 15 is 0 Å². The van der Waals surface area contributed by atoms with Crippen molar-refractivity contribution >= 4 is 109 Å². The van der Waals surface area contributed by atoms with E-state index in [1.807, 2.05) is 138 Å². The van der Waals surface area contributed by atoms with E-state index in [9.17, 15) is 0 Å². The van der Waals surface area contributed by atoms with Crippen molar-refractivity contribution in [2.45, 2.75) is 196 Å². The van der Waals surface area contributed by atoms with Gasteiger partial charge in [-0.3, -0.25) is 0 Å². The average molecular weight is 1350 g/mol. The van der Waals surface area contributed by atoms with Gasteiger partial charge >= 0.3 is 18.3 Å². The van der Waals surface area contributed by atoms with Gasteiger partial charge in [0, 0.05) is 124 Å². The molecule has 0 spiro atoms. The number of aryl methyl sites for hydroxylation is 4. The lowest BCUT2D eigenvalue weighted by Crippen LogP contribution is -2.45. The molecule has 0 saturated carbocycles. The fourth-order valence-corrected chi connectivity index (χ4v) is 22.4. The number of unbranched alkanes of at least 4 members (excludes halogenated alkanes) is 15. The van der Waals surface area contributed by atoms with Crippen molar-refractivity contribution in [1.82, 2.24) is 0 Å². The van der Waals surface area contributed by atoms with Crippen LogP contribution in [0.25, 0.3) is 58.5 Å². The Labute approximate surface area is 554 Å². The highest BCUT2D eigenvalue weighted by Crippen LogP contribution is 2.45. The molecule has 0 aromatic carbocycles. The summed E-state index contributed by atoms with van der Waals surface area (Å²) in [6.45, 7) is 24.2. The highest BCUT2D eigenvalue weighted by molar-refractivity contribution is 7.29. The quantitative estimate of drug-likeness (QED) is 0.0216. The third-order valence-electron chi connectivity index (χ3n) is 14.5. The first-order valence-electron chi connectivity index (χ1n) is 32.3. The first-order chi connectivity index (χ1) is 42.2. The Morgan fingerprint density at radius 2 is 0.570 bits per heavy atom. The Morgan fingerprint density at radius 3 is 0.849 bits per heavy atom. The van der Waals surface area contributed by atoms with Crippen LogP contribution in [-0.4, -0.2) is 58.0 Å². The highest BCUT2D eigenvalue weighted by Gasteiger charge is 2.39. The van der Waals surface area contributed by atoms with Crippen LogP contribution in [0, 0.1) is 0 Å². The lowest BCUT2D eigenvalue weighted by atomic mass is 10.1. The molecule has 0 aliphatic rings. The minimum Gasteiger partial charge on any atom is -0.376 e. The van der Waals surface area contributed by atoms with Crippen molar-refractivity contribution in [2.75, 3.05) is 39.6 Å². The van der Waals surface area contributed by atoms with Crippen LogP contribution in [0.2, 0.25) is 6.04 Å². The van der Waals surface area contributed by atoms with E-state index in [0.29, 0.717) is 39.6 Å². The van der Waals surface area contributed by atoms with Gasteiger partial charge in [0.1, 0.15) is 0 Å². The van der Waals surface area contributed by atoms with E-state index in [1.54, 1.807) is 0 Å². The molecule has 8 aromatic rings. The predicted molar refractivity (Wildman–Crippen MR) is 391 cm³/mol. The molecule has 6 nitrogen and oxygen atoms in total. The Kier molecular flexibility index (Phi) is 35.9. The number of hydrogen-bond donors (Lipinski definition) is 0. The van der Waals surface area contributed by atoms with Gasteiger partial charge in [0.2, 0.25) is 0 Å². The van der Waals surface area contributed by atoms with Crippen molar-refractivity contribution in [2.24, 2.45) is 0 Å². The Morgan fingerprint density at radius 1 is 0.314 bits per heavy atom. The van der Waals surface area contributed by atoms with Gasteiger partial charge < -0.3 is 26.6 Å². The van der Waals surface area contributed by atoms with Gasteiger partial charge in [-0.1, -0.05) is 97.0 Å². The number of allylic oxidation sites excluding steroid dienone is 1. The van der Waals surface area contributed by atoms with Crippen LogP contribution in [0.4, 0.5) is 0 Å². The molecule has 0 amide bonds. The molecular weight excluding hydrogens is 1250 g/mol. The smallest absolute Gasteiger partial charge is 0.376 e. The van der Waals surface area contributed by atoms with E-state index in [-0.39, 0.29) is 0 Å². The summed E-state index contributed by atoms with van der Waals surface area (Å²) in [4.78, 5) is 22.7. The van der Waals surface area contributed by atoms with Crippen molar-refractivity contribution in [3.63, 3.8) is 0 Å². The zero-order valence-electron chi connectivity index (χ0n) is 53.1. The van der Waals surface area contributed by atoms with E-state index in [2.05, 4.69) is 117 Å². The van der Waals surface area contributed by atoms with Crippen LogP contribution in [-0.2, 0) is 52.2 Å². The molecule has 0 saturated heterocycles. The van der Waals surface area contributed by atoms with E-state index in [4.69, 9.17) is 26.6 Å². The van der Waals surface area contributed by atoms with E-state index < -0.39 is 18.3 Å². The zero-order chi connectivity index (χ0) is 61.0. The second-order valence-electron chi connectivity index (χ2n) is 21.0.